The Labute approximate surface area is 108 Å². The van der Waals surface area contributed by atoms with Gasteiger partial charge in [0.15, 0.2) is 0 Å². The Balaban J connectivity index is 2.10. The summed E-state index contributed by atoms with van der Waals surface area (Å²) in [5, 5.41) is 3.55. The van der Waals surface area contributed by atoms with Crippen LogP contribution in [0.2, 0.25) is 0 Å². The van der Waals surface area contributed by atoms with Crippen LogP contribution in [0.1, 0.15) is 40.0 Å². The van der Waals surface area contributed by atoms with E-state index in [1.807, 2.05) is 0 Å². The van der Waals surface area contributed by atoms with Gasteiger partial charge in [-0.3, -0.25) is 0 Å². The van der Waals surface area contributed by atoms with E-state index in [1.165, 1.54) is 38.9 Å². The maximum absolute atomic E-state index is 3.55. The normalized spacial score (nSPS) is 20.1. The lowest BCUT2D eigenvalue weighted by molar-refractivity contribution is 0.142. The zero-order chi connectivity index (χ0) is 12.9. The third-order valence-electron chi connectivity index (χ3n) is 3.65. The molecule has 3 nitrogen and oxygen atoms in total. The summed E-state index contributed by atoms with van der Waals surface area (Å²) in [5.74, 6) is 0. The molecule has 1 rings (SSSR count). The number of hydrogen-bond acceptors (Lipinski definition) is 3. The van der Waals surface area contributed by atoms with E-state index in [1.54, 1.807) is 0 Å². The molecule has 1 fully saturated rings. The zero-order valence-corrected chi connectivity index (χ0v) is 12.4. The van der Waals surface area contributed by atoms with Crippen LogP contribution in [0, 0.1) is 0 Å². The molecule has 0 radical (unpaired) electrons. The lowest BCUT2D eigenvalue weighted by atomic mass is 10.0. The highest BCUT2D eigenvalue weighted by atomic mass is 15.2. The van der Waals surface area contributed by atoms with Crippen molar-refractivity contribution in [1.29, 1.82) is 0 Å². The van der Waals surface area contributed by atoms with Gasteiger partial charge in [0.1, 0.15) is 0 Å². The van der Waals surface area contributed by atoms with Crippen LogP contribution in [-0.4, -0.2) is 61.7 Å². The van der Waals surface area contributed by atoms with Gasteiger partial charge in [0, 0.05) is 11.6 Å². The molecule has 0 aromatic heterocycles. The number of piperidine rings is 1. The third kappa shape index (κ3) is 6.39. The molecule has 0 aliphatic carbocycles. The fourth-order valence-electron chi connectivity index (χ4n) is 2.41. The van der Waals surface area contributed by atoms with Crippen molar-refractivity contribution in [2.75, 3.05) is 40.3 Å². The summed E-state index contributed by atoms with van der Waals surface area (Å²) in [6.45, 7) is 11.6. The molecule has 0 spiro atoms. The van der Waals surface area contributed by atoms with Crippen molar-refractivity contribution in [2.45, 2.75) is 51.6 Å². The molecule has 0 unspecified atom stereocenters. The SMILES string of the molecule is CN1CCC(N(C)CCCNC(C)(C)C)CC1. The fourth-order valence-corrected chi connectivity index (χ4v) is 2.41. The van der Waals surface area contributed by atoms with Crippen molar-refractivity contribution >= 4 is 0 Å². The predicted molar refractivity (Wildman–Crippen MR) is 75.5 cm³/mol. The minimum atomic E-state index is 0.256. The van der Waals surface area contributed by atoms with E-state index in [-0.39, 0.29) is 5.54 Å². The van der Waals surface area contributed by atoms with Crippen molar-refractivity contribution in [2.24, 2.45) is 0 Å². The minimum absolute atomic E-state index is 0.256. The second-order valence-corrected chi connectivity index (χ2v) is 6.55. The van der Waals surface area contributed by atoms with Crippen LogP contribution in [0.25, 0.3) is 0 Å². The van der Waals surface area contributed by atoms with Crippen LogP contribution in [-0.2, 0) is 0 Å². The maximum Gasteiger partial charge on any atom is 0.0117 e. The summed E-state index contributed by atoms with van der Waals surface area (Å²) in [7, 11) is 4.51. The van der Waals surface area contributed by atoms with E-state index in [0.29, 0.717) is 0 Å². The van der Waals surface area contributed by atoms with Gasteiger partial charge in [-0.25, -0.2) is 0 Å². The summed E-state index contributed by atoms with van der Waals surface area (Å²) < 4.78 is 0. The molecule has 0 aromatic carbocycles. The van der Waals surface area contributed by atoms with Gasteiger partial charge in [-0.05, 0) is 80.3 Å². The number of hydrogen-bond donors (Lipinski definition) is 1. The third-order valence-corrected chi connectivity index (χ3v) is 3.65. The van der Waals surface area contributed by atoms with Gasteiger partial charge in [-0.2, -0.15) is 0 Å². The summed E-state index contributed by atoms with van der Waals surface area (Å²) in [5.41, 5.74) is 0.256. The van der Waals surface area contributed by atoms with Gasteiger partial charge in [0.2, 0.25) is 0 Å². The molecule has 3 heteroatoms. The molecular formula is C14H31N3. The molecule has 0 saturated carbocycles. The number of nitrogens with one attached hydrogen (secondary N) is 1. The van der Waals surface area contributed by atoms with Gasteiger partial charge in [0.25, 0.3) is 0 Å². The molecular weight excluding hydrogens is 210 g/mol. The number of nitrogens with zero attached hydrogens (tertiary/aromatic N) is 2. The molecule has 1 aliphatic rings. The Morgan fingerprint density at radius 3 is 2.35 bits per heavy atom. The first-order valence-corrected chi connectivity index (χ1v) is 7.02. The van der Waals surface area contributed by atoms with Crippen molar-refractivity contribution < 1.29 is 0 Å². The van der Waals surface area contributed by atoms with Gasteiger partial charge in [0.05, 0.1) is 0 Å². The molecule has 1 heterocycles. The molecule has 0 atom stereocenters. The smallest absolute Gasteiger partial charge is 0.0117 e. The molecule has 0 aromatic rings. The molecule has 1 saturated heterocycles. The summed E-state index contributed by atoms with van der Waals surface area (Å²) >= 11 is 0. The van der Waals surface area contributed by atoms with Crippen LogP contribution < -0.4 is 5.32 Å². The topological polar surface area (TPSA) is 18.5 Å². The van der Waals surface area contributed by atoms with E-state index in [9.17, 15) is 0 Å². The molecule has 1 aliphatic heterocycles. The average Bonchev–Trinajstić information content (AvgIpc) is 2.24. The average molecular weight is 241 g/mol. The Morgan fingerprint density at radius 2 is 1.82 bits per heavy atom. The van der Waals surface area contributed by atoms with E-state index in [2.05, 4.69) is 50.0 Å². The van der Waals surface area contributed by atoms with Crippen molar-refractivity contribution in [3.05, 3.63) is 0 Å². The second-order valence-electron chi connectivity index (χ2n) is 6.55. The first-order valence-electron chi connectivity index (χ1n) is 7.02. The van der Waals surface area contributed by atoms with Crippen LogP contribution in [0.15, 0.2) is 0 Å². The maximum atomic E-state index is 3.55. The highest BCUT2D eigenvalue weighted by Gasteiger charge is 2.20. The monoisotopic (exact) mass is 241 g/mol. The largest absolute Gasteiger partial charge is 0.312 e. The molecule has 102 valence electrons. The Hall–Kier alpha value is -0.120. The first-order chi connectivity index (χ1) is 7.88. The predicted octanol–water partition coefficient (Wildman–Crippen LogP) is 1.79. The van der Waals surface area contributed by atoms with Crippen LogP contribution in [0.3, 0.4) is 0 Å². The minimum Gasteiger partial charge on any atom is -0.312 e. The Kier molecular flexibility index (Phi) is 5.90. The van der Waals surface area contributed by atoms with Gasteiger partial charge in [-0.1, -0.05) is 0 Å². The van der Waals surface area contributed by atoms with Crippen molar-refractivity contribution in [3.63, 3.8) is 0 Å². The molecule has 0 bridgehead atoms. The molecule has 0 amide bonds. The lowest BCUT2D eigenvalue weighted by Crippen LogP contribution is -2.43. The summed E-state index contributed by atoms with van der Waals surface area (Å²) in [6, 6.07) is 0.806. The number of rotatable bonds is 5. The van der Waals surface area contributed by atoms with Gasteiger partial charge in [-0.15, -0.1) is 0 Å². The van der Waals surface area contributed by atoms with Gasteiger partial charge >= 0.3 is 0 Å². The van der Waals surface area contributed by atoms with E-state index in [4.69, 9.17) is 0 Å². The zero-order valence-electron chi connectivity index (χ0n) is 12.4. The van der Waals surface area contributed by atoms with Crippen LogP contribution in [0.4, 0.5) is 0 Å². The van der Waals surface area contributed by atoms with Gasteiger partial charge < -0.3 is 15.1 Å². The quantitative estimate of drug-likeness (QED) is 0.740. The van der Waals surface area contributed by atoms with Crippen molar-refractivity contribution in [3.8, 4) is 0 Å². The number of likely N-dealkylation sites (tertiary alicyclic amines) is 1. The van der Waals surface area contributed by atoms with Crippen LogP contribution in [0.5, 0.6) is 0 Å². The lowest BCUT2D eigenvalue weighted by Gasteiger charge is -2.35. The standard InChI is InChI=1S/C14H31N3/c1-14(2,3)15-9-6-10-17(5)13-7-11-16(4)12-8-13/h13,15H,6-12H2,1-5H3. The van der Waals surface area contributed by atoms with E-state index >= 15 is 0 Å². The molecule has 1 N–H and O–H groups in total. The van der Waals surface area contributed by atoms with E-state index in [0.717, 1.165) is 12.6 Å². The van der Waals surface area contributed by atoms with Crippen molar-refractivity contribution in [1.82, 2.24) is 15.1 Å². The second kappa shape index (κ2) is 6.72. The summed E-state index contributed by atoms with van der Waals surface area (Å²) in [4.78, 5) is 4.99. The highest BCUT2D eigenvalue weighted by Crippen LogP contribution is 2.14. The van der Waals surface area contributed by atoms with Crippen LogP contribution >= 0.6 is 0 Å². The Bertz CT molecular complexity index is 202. The highest BCUT2D eigenvalue weighted by molar-refractivity contribution is 4.77. The Morgan fingerprint density at radius 1 is 1.24 bits per heavy atom. The first kappa shape index (κ1) is 14.9. The summed E-state index contributed by atoms with van der Waals surface area (Å²) in [6.07, 6.45) is 3.92. The molecule has 17 heavy (non-hydrogen) atoms. The fraction of sp³-hybridized carbons (Fsp3) is 1.00. The van der Waals surface area contributed by atoms with E-state index < -0.39 is 0 Å².